The minimum absolute atomic E-state index is 0.436. The van der Waals surface area contributed by atoms with Crippen molar-refractivity contribution in [3.8, 4) is 0 Å². The summed E-state index contributed by atoms with van der Waals surface area (Å²) in [5.74, 6) is 0.923. The maximum absolute atomic E-state index is 5.58. The van der Waals surface area contributed by atoms with Gasteiger partial charge in [-0.25, -0.2) is 0 Å². The predicted molar refractivity (Wildman–Crippen MR) is 62.3 cm³/mol. The first-order valence-electron chi connectivity index (χ1n) is 5.98. The van der Waals surface area contributed by atoms with Gasteiger partial charge in [0.1, 0.15) is 0 Å². The zero-order valence-electron chi connectivity index (χ0n) is 9.97. The van der Waals surface area contributed by atoms with Gasteiger partial charge in [-0.05, 0) is 50.1 Å². The molecule has 1 saturated carbocycles. The van der Waals surface area contributed by atoms with Crippen LogP contribution >= 0.6 is 0 Å². The van der Waals surface area contributed by atoms with Crippen LogP contribution in [0.3, 0.4) is 0 Å². The zero-order chi connectivity index (χ0) is 10.6. The van der Waals surface area contributed by atoms with Crippen molar-refractivity contribution in [2.75, 3.05) is 13.1 Å². The summed E-state index contributed by atoms with van der Waals surface area (Å²) in [7, 11) is 0. The van der Waals surface area contributed by atoms with E-state index in [1.165, 1.54) is 25.8 Å². The molecule has 0 aromatic rings. The SMILES string of the molecule is CC1CC1NCCCC(C)(C)CCN. The van der Waals surface area contributed by atoms with Crippen LogP contribution in [0, 0.1) is 11.3 Å². The molecule has 84 valence electrons. The molecule has 0 heterocycles. The molecule has 14 heavy (non-hydrogen) atoms. The van der Waals surface area contributed by atoms with Crippen molar-refractivity contribution >= 4 is 0 Å². The summed E-state index contributed by atoms with van der Waals surface area (Å²) >= 11 is 0. The molecule has 0 aliphatic heterocycles. The Morgan fingerprint density at radius 1 is 1.36 bits per heavy atom. The molecule has 0 aromatic carbocycles. The smallest absolute Gasteiger partial charge is 0.00963 e. The maximum Gasteiger partial charge on any atom is 0.00963 e. The van der Waals surface area contributed by atoms with Crippen molar-refractivity contribution in [2.24, 2.45) is 17.1 Å². The number of nitrogens with two attached hydrogens (primary N) is 1. The number of hydrogen-bond acceptors (Lipinski definition) is 2. The Morgan fingerprint density at radius 2 is 2.00 bits per heavy atom. The molecule has 0 amide bonds. The quantitative estimate of drug-likeness (QED) is 0.615. The third-order valence-corrected chi connectivity index (χ3v) is 3.37. The Hall–Kier alpha value is -0.0800. The van der Waals surface area contributed by atoms with Crippen LogP contribution in [-0.2, 0) is 0 Å². The van der Waals surface area contributed by atoms with E-state index in [-0.39, 0.29) is 0 Å². The van der Waals surface area contributed by atoms with Crippen LogP contribution < -0.4 is 11.1 Å². The van der Waals surface area contributed by atoms with E-state index in [0.29, 0.717) is 5.41 Å². The highest BCUT2D eigenvalue weighted by Gasteiger charge is 2.31. The van der Waals surface area contributed by atoms with E-state index in [2.05, 4.69) is 26.1 Å². The largest absolute Gasteiger partial charge is 0.330 e. The molecule has 0 radical (unpaired) electrons. The zero-order valence-corrected chi connectivity index (χ0v) is 9.97. The second-order valence-electron chi connectivity index (χ2n) is 5.58. The van der Waals surface area contributed by atoms with Gasteiger partial charge < -0.3 is 11.1 Å². The predicted octanol–water partition coefficient (Wildman–Crippen LogP) is 2.14. The molecular weight excluding hydrogens is 172 g/mol. The average molecular weight is 198 g/mol. The van der Waals surface area contributed by atoms with Crippen molar-refractivity contribution in [1.29, 1.82) is 0 Å². The Kier molecular flexibility index (Phi) is 4.39. The standard InChI is InChI=1S/C12H26N2/c1-10-9-11(10)14-8-4-5-12(2,3)6-7-13/h10-11,14H,4-9,13H2,1-3H3. The van der Waals surface area contributed by atoms with Gasteiger partial charge in [-0.1, -0.05) is 20.8 Å². The van der Waals surface area contributed by atoms with Gasteiger partial charge in [0, 0.05) is 6.04 Å². The molecule has 0 bridgehead atoms. The van der Waals surface area contributed by atoms with Crippen LogP contribution in [0.25, 0.3) is 0 Å². The van der Waals surface area contributed by atoms with Crippen molar-refractivity contribution < 1.29 is 0 Å². The van der Waals surface area contributed by atoms with Crippen molar-refractivity contribution in [1.82, 2.24) is 5.32 Å². The molecule has 1 aliphatic carbocycles. The van der Waals surface area contributed by atoms with Crippen molar-refractivity contribution in [3.63, 3.8) is 0 Å². The lowest BCUT2D eigenvalue weighted by atomic mass is 9.84. The Morgan fingerprint density at radius 3 is 2.50 bits per heavy atom. The Balaban J connectivity index is 1.97. The number of nitrogens with one attached hydrogen (secondary N) is 1. The summed E-state index contributed by atoms with van der Waals surface area (Å²) in [6.45, 7) is 8.96. The van der Waals surface area contributed by atoms with Crippen LogP contribution in [0.15, 0.2) is 0 Å². The third-order valence-electron chi connectivity index (χ3n) is 3.37. The Bertz CT molecular complexity index is 166. The first-order chi connectivity index (χ1) is 6.55. The lowest BCUT2D eigenvalue weighted by molar-refractivity contribution is 0.302. The molecule has 0 spiro atoms. The lowest BCUT2D eigenvalue weighted by Crippen LogP contribution is -2.22. The second kappa shape index (κ2) is 5.13. The molecule has 0 aromatic heterocycles. The molecule has 0 saturated heterocycles. The monoisotopic (exact) mass is 198 g/mol. The summed E-state index contributed by atoms with van der Waals surface area (Å²) in [6, 6.07) is 0.827. The van der Waals surface area contributed by atoms with E-state index in [1.54, 1.807) is 0 Å². The highest BCUT2D eigenvalue weighted by atomic mass is 15.0. The van der Waals surface area contributed by atoms with E-state index in [9.17, 15) is 0 Å². The Labute approximate surface area is 88.6 Å². The minimum atomic E-state index is 0.436. The van der Waals surface area contributed by atoms with Crippen LogP contribution in [0.5, 0.6) is 0 Å². The summed E-state index contributed by atoms with van der Waals surface area (Å²) < 4.78 is 0. The topological polar surface area (TPSA) is 38.0 Å². The van der Waals surface area contributed by atoms with Crippen LogP contribution in [-0.4, -0.2) is 19.1 Å². The van der Waals surface area contributed by atoms with Gasteiger partial charge in [-0.15, -0.1) is 0 Å². The first-order valence-corrected chi connectivity index (χ1v) is 5.98. The highest BCUT2D eigenvalue weighted by molar-refractivity contribution is 4.89. The van der Waals surface area contributed by atoms with E-state index in [4.69, 9.17) is 5.73 Å². The fraction of sp³-hybridized carbons (Fsp3) is 1.00. The highest BCUT2D eigenvalue weighted by Crippen LogP contribution is 2.29. The van der Waals surface area contributed by atoms with E-state index in [0.717, 1.165) is 24.9 Å². The molecule has 2 atom stereocenters. The van der Waals surface area contributed by atoms with Gasteiger partial charge in [-0.2, -0.15) is 0 Å². The summed E-state index contributed by atoms with van der Waals surface area (Å²) in [5.41, 5.74) is 6.02. The molecule has 1 fully saturated rings. The summed E-state index contributed by atoms with van der Waals surface area (Å²) in [5, 5.41) is 3.59. The fourth-order valence-corrected chi connectivity index (χ4v) is 1.98. The first kappa shape index (κ1) is 12.0. The fourth-order valence-electron chi connectivity index (χ4n) is 1.98. The van der Waals surface area contributed by atoms with Gasteiger partial charge in [0.05, 0.1) is 0 Å². The van der Waals surface area contributed by atoms with E-state index < -0.39 is 0 Å². The van der Waals surface area contributed by atoms with E-state index in [1.807, 2.05) is 0 Å². The normalized spacial score (nSPS) is 26.6. The van der Waals surface area contributed by atoms with Gasteiger partial charge in [0.25, 0.3) is 0 Å². The van der Waals surface area contributed by atoms with Crippen molar-refractivity contribution in [3.05, 3.63) is 0 Å². The van der Waals surface area contributed by atoms with Gasteiger partial charge in [0.15, 0.2) is 0 Å². The molecule has 2 heteroatoms. The minimum Gasteiger partial charge on any atom is -0.330 e. The maximum atomic E-state index is 5.58. The number of hydrogen-bond donors (Lipinski definition) is 2. The molecule has 2 nitrogen and oxygen atoms in total. The van der Waals surface area contributed by atoms with Crippen molar-refractivity contribution in [2.45, 2.75) is 52.5 Å². The summed E-state index contributed by atoms with van der Waals surface area (Å²) in [4.78, 5) is 0. The van der Waals surface area contributed by atoms with Gasteiger partial charge in [-0.3, -0.25) is 0 Å². The average Bonchev–Trinajstić information content (AvgIpc) is 2.76. The molecule has 3 N–H and O–H groups in total. The summed E-state index contributed by atoms with van der Waals surface area (Å²) in [6.07, 6.45) is 5.10. The lowest BCUT2D eigenvalue weighted by Gasteiger charge is -2.23. The number of rotatable bonds is 7. The van der Waals surface area contributed by atoms with Gasteiger partial charge in [0.2, 0.25) is 0 Å². The molecular formula is C12H26N2. The third kappa shape index (κ3) is 4.43. The van der Waals surface area contributed by atoms with Gasteiger partial charge >= 0.3 is 0 Å². The van der Waals surface area contributed by atoms with E-state index >= 15 is 0 Å². The molecule has 1 aliphatic rings. The van der Waals surface area contributed by atoms with Crippen LogP contribution in [0.2, 0.25) is 0 Å². The second-order valence-corrected chi connectivity index (χ2v) is 5.58. The molecule has 1 rings (SSSR count). The molecule has 2 unspecified atom stereocenters. The van der Waals surface area contributed by atoms with Crippen LogP contribution in [0.4, 0.5) is 0 Å². The van der Waals surface area contributed by atoms with Crippen LogP contribution in [0.1, 0.15) is 46.5 Å².